The Kier molecular flexibility index (Phi) is 3.15. The molecule has 1 aromatic heterocycles. The largest absolute Gasteiger partial charge is 0.348 e. The minimum Gasteiger partial charge on any atom is -0.348 e. The normalized spacial score (nSPS) is 26.4. The first-order valence-corrected chi connectivity index (χ1v) is 7.52. The van der Waals surface area contributed by atoms with Crippen LogP contribution >= 0.6 is 11.3 Å². The van der Waals surface area contributed by atoms with E-state index in [9.17, 15) is 4.79 Å². The smallest absolute Gasteiger partial charge is 0.221 e. The summed E-state index contributed by atoms with van der Waals surface area (Å²) >= 11 is 1.75. The van der Waals surface area contributed by atoms with Crippen LogP contribution in [0.5, 0.6) is 0 Å². The molecule has 0 bridgehead atoms. The van der Waals surface area contributed by atoms with Gasteiger partial charge in [0, 0.05) is 16.7 Å². The van der Waals surface area contributed by atoms with Crippen molar-refractivity contribution in [3.8, 4) is 0 Å². The average Bonchev–Trinajstić information content (AvgIpc) is 3.07. The molecule has 2 atom stereocenters. The molecule has 98 valence electrons. The first-order valence-electron chi connectivity index (χ1n) is 6.64. The van der Waals surface area contributed by atoms with Crippen LogP contribution < -0.4 is 5.32 Å². The molecular formula is C16H17NOS. The molecule has 0 aliphatic carbocycles. The Morgan fingerprint density at radius 2 is 2.05 bits per heavy atom. The van der Waals surface area contributed by atoms with Crippen LogP contribution in [-0.2, 0) is 10.2 Å². The third kappa shape index (κ3) is 1.98. The molecule has 19 heavy (non-hydrogen) atoms. The molecule has 0 radical (unpaired) electrons. The summed E-state index contributed by atoms with van der Waals surface area (Å²) < 4.78 is 0. The molecule has 1 amide bonds. The minimum atomic E-state index is -0.0907. The highest BCUT2D eigenvalue weighted by atomic mass is 32.1. The second-order valence-electron chi connectivity index (χ2n) is 5.07. The maximum absolute atomic E-state index is 12.0. The van der Waals surface area contributed by atoms with Crippen molar-refractivity contribution >= 4 is 17.2 Å². The van der Waals surface area contributed by atoms with Crippen molar-refractivity contribution in [3.63, 3.8) is 0 Å². The molecule has 1 aliphatic heterocycles. The molecule has 3 rings (SSSR count). The fourth-order valence-electron chi connectivity index (χ4n) is 3.08. The van der Waals surface area contributed by atoms with Gasteiger partial charge in [-0.15, -0.1) is 11.3 Å². The van der Waals surface area contributed by atoms with E-state index in [2.05, 4.69) is 41.9 Å². The van der Waals surface area contributed by atoms with E-state index in [0.29, 0.717) is 6.42 Å². The van der Waals surface area contributed by atoms with Crippen LogP contribution in [0.3, 0.4) is 0 Å². The first-order chi connectivity index (χ1) is 9.26. The number of rotatable bonds is 3. The Hall–Kier alpha value is -1.61. The third-order valence-electron chi connectivity index (χ3n) is 4.11. The zero-order valence-corrected chi connectivity index (χ0v) is 11.7. The zero-order chi connectivity index (χ0) is 13.3. The number of carbonyl (C=O) groups is 1. The third-order valence-corrected chi connectivity index (χ3v) is 5.20. The fourth-order valence-corrected chi connectivity index (χ4v) is 4.11. The average molecular weight is 271 g/mol. The van der Waals surface area contributed by atoms with Gasteiger partial charge in [-0.05, 0) is 23.4 Å². The van der Waals surface area contributed by atoms with E-state index in [0.717, 1.165) is 6.42 Å². The molecule has 0 saturated carbocycles. The summed E-state index contributed by atoms with van der Waals surface area (Å²) in [6.07, 6.45) is 1.55. The summed E-state index contributed by atoms with van der Waals surface area (Å²) in [6, 6.07) is 14.6. The molecule has 1 aliphatic rings. The van der Waals surface area contributed by atoms with Gasteiger partial charge in [-0.3, -0.25) is 4.79 Å². The molecule has 2 nitrogen and oxygen atoms in total. The van der Waals surface area contributed by atoms with Crippen LogP contribution in [0.1, 0.15) is 36.2 Å². The SMILES string of the molecule is CCC1(c2cccs2)CC(=O)NC1c1ccccc1. The van der Waals surface area contributed by atoms with Gasteiger partial charge in [0.15, 0.2) is 0 Å². The lowest BCUT2D eigenvalue weighted by atomic mass is 9.74. The van der Waals surface area contributed by atoms with Gasteiger partial charge in [0.1, 0.15) is 0 Å². The van der Waals surface area contributed by atoms with E-state index in [1.165, 1.54) is 10.4 Å². The minimum absolute atomic E-state index is 0.0878. The van der Waals surface area contributed by atoms with Crippen LogP contribution in [0.4, 0.5) is 0 Å². The van der Waals surface area contributed by atoms with E-state index in [-0.39, 0.29) is 17.4 Å². The number of benzene rings is 1. The molecule has 2 aromatic rings. The van der Waals surface area contributed by atoms with E-state index in [4.69, 9.17) is 0 Å². The summed E-state index contributed by atoms with van der Waals surface area (Å²) in [7, 11) is 0. The molecule has 1 N–H and O–H groups in total. The highest BCUT2D eigenvalue weighted by Gasteiger charge is 2.48. The van der Waals surface area contributed by atoms with Crippen molar-refractivity contribution in [1.82, 2.24) is 5.32 Å². The molecular weight excluding hydrogens is 254 g/mol. The predicted molar refractivity (Wildman–Crippen MR) is 78.2 cm³/mol. The Bertz CT molecular complexity index is 564. The topological polar surface area (TPSA) is 29.1 Å². The lowest BCUT2D eigenvalue weighted by Crippen LogP contribution is -2.32. The van der Waals surface area contributed by atoms with Crippen molar-refractivity contribution in [2.75, 3.05) is 0 Å². The number of hydrogen-bond donors (Lipinski definition) is 1. The van der Waals surface area contributed by atoms with E-state index >= 15 is 0 Å². The maximum atomic E-state index is 12.0. The highest BCUT2D eigenvalue weighted by Crippen LogP contribution is 2.48. The summed E-state index contributed by atoms with van der Waals surface area (Å²) in [4.78, 5) is 13.3. The van der Waals surface area contributed by atoms with E-state index < -0.39 is 0 Å². The monoisotopic (exact) mass is 271 g/mol. The van der Waals surface area contributed by atoms with Gasteiger partial charge < -0.3 is 5.32 Å². The first kappa shape index (κ1) is 12.4. The van der Waals surface area contributed by atoms with Crippen LogP contribution in [0.2, 0.25) is 0 Å². The molecule has 1 aromatic carbocycles. The Morgan fingerprint density at radius 3 is 2.68 bits per heavy atom. The van der Waals surface area contributed by atoms with Crippen molar-refractivity contribution in [2.24, 2.45) is 0 Å². The van der Waals surface area contributed by atoms with Gasteiger partial charge in [0.2, 0.25) is 5.91 Å². The van der Waals surface area contributed by atoms with Gasteiger partial charge in [-0.1, -0.05) is 43.3 Å². The Balaban J connectivity index is 2.09. The summed E-state index contributed by atoms with van der Waals surface area (Å²) in [5, 5.41) is 5.26. The van der Waals surface area contributed by atoms with Crippen molar-refractivity contribution in [1.29, 1.82) is 0 Å². The van der Waals surface area contributed by atoms with Gasteiger partial charge in [0.05, 0.1) is 6.04 Å². The summed E-state index contributed by atoms with van der Waals surface area (Å²) in [6.45, 7) is 2.18. The number of hydrogen-bond acceptors (Lipinski definition) is 2. The molecule has 2 unspecified atom stereocenters. The predicted octanol–water partition coefficient (Wildman–Crippen LogP) is 3.66. The second kappa shape index (κ2) is 4.82. The molecule has 2 heterocycles. The van der Waals surface area contributed by atoms with Crippen molar-refractivity contribution < 1.29 is 4.79 Å². The quantitative estimate of drug-likeness (QED) is 0.907. The number of thiophene rings is 1. The lowest BCUT2D eigenvalue weighted by molar-refractivity contribution is -0.119. The maximum Gasteiger partial charge on any atom is 0.221 e. The second-order valence-corrected chi connectivity index (χ2v) is 6.02. The van der Waals surface area contributed by atoms with Gasteiger partial charge in [-0.2, -0.15) is 0 Å². The Labute approximate surface area is 117 Å². The molecule has 1 saturated heterocycles. The van der Waals surface area contributed by atoms with Crippen molar-refractivity contribution in [3.05, 3.63) is 58.3 Å². The molecule has 3 heteroatoms. The highest BCUT2D eigenvalue weighted by molar-refractivity contribution is 7.10. The fraction of sp³-hybridized carbons (Fsp3) is 0.312. The zero-order valence-electron chi connectivity index (χ0n) is 10.9. The van der Waals surface area contributed by atoms with Crippen LogP contribution in [0.15, 0.2) is 47.8 Å². The van der Waals surface area contributed by atoms with Crippen LogP contribution in [-0.4, -0.2) is 5.91 Å². The molecule has 0 spiro atoms. The Morgan fingerprint density at radius 1 is 1.26 bits per heavy atom. The van der Waals surface area contributed by atoms with Gasteiger partial charge in [0.25, 0.3) is 0 Å². The van der Waals surface area contributed by atoms with Crippen molar-refractivity contribution in [2.45, 2.75) is 31.2 Å². The summed E-state index contributed by atoms with van der Waals surface area (Å²) in [5.74, 6) is 0.157. The van der Waals surface area contributed by atoms with E-state index in [1.807, 2.05) is 18.2 Å². The number of carbonyl (C=O) groups excluding carboxylic acids is 1. The lowest BCUT2D eigenvalue weighted by Gasteiger charge is -2.32. The van der Waals surface area contributed by atoms with Gasteiger partial charge >= 0.3 is 0 Å². The number of amides is 1. The number of nitrogens with one attached hydrogen (secondary N) is 1. The van der Waals surface area contributed by atoms with Gasteiger partial charge in [-0.25, -0.2) is 0 Å². The van der Waals surface area contributed by atoms with Crippen LogP contribution in [0, 0.1) is 0 Å². The standard InChI is InChI=1S/C16H17NOS/c1-2-16(13-9-6-10-19-13)11-14(18)17-15(16)12-7-4-3-5-8-12/h3-10,15H,2,11H2,1H3,(H,17,18). The summed E-state index contributed by atoms with van der Waals surface area (Å²) in [5.41, 5.74) is 1.11. The molecule has 1 fully saturated rings. The van der Waals surface area contributed by atoms with E-state index in [1.54, 1.807) is 11.3 Å². The van der Waals surface area contributed by atoms with Crippen LogP contribution in [0.25, 0.3) is 0 Å².